The normalized spacial score (nSPS) is 15.2. The molecule has 0 aliphatic carbocycles. The summed E-state index contributed by atoms with van der Waals surface area (Å²) in [6.07, 6.45) is 6.64. The maximum atomic E-state index is 12.6. The minimum absolute atomic E-state index is 0.177. The van der Waals surface area contributed by atoms with Crippen molar-refractivity contribution >= 4 is 63.5 Å². The first-order chi connectivity index (χ1) is 14.9. The molecule has 0 unspecified atom stereocenters. The molecule has 3 rings (SSSR count). The zero-order valence-corrected chi connectivity index (χ0v) is 19.8. The zero-order chi connectivity index (χ0) is 22.4. The van der Waals surface area contributed by atoms with Crippen LogP contribution in [0.2, 0.25) is 10.0 Å². The lowest BCUT2D eigenvalue weighted by atomic mass is 10.1. The number of amides is 1. The third kappa shape index (κ3) is 5.92. The Kier molecular flexibility index (Phi) is 8.21. The molecule has 4 nitrogen and oxygen atoms in total. The van der Waals surface area contributed by atoms with Gasteiger partial charge < -0.3 is 9.47 Å². The monoisotopic (exact) mass is 491 g/mol. The molecular formula is C23H19Cl2NO3S2. The van der Waals surface area contributed by atoms with Gasteiger partial charge in [-0.3, -0.25) is 9.69 Å². The molecule has 1 heterocycles. The van der Waals surface area contributed by atoms with E-state index < -0.39 is 0 Å². The highest BCUT2D eigenvalue weighted by Crippen LogP contribution is 2.35. The lowest BCUT2D eigenvalue weighted by Crippen LogP contribution is -2.21. The Morgan fingerprint density at radius 3 is 2.68 bits per heavy atom. The van der Waals surface area contributed by atoms with Crippen LogP contribution >= 0.6 is 47.2 Å². The molecule has 2 aromatic carbocycles. The number of hydrogen-bond acceptors (Lipinski definition) is 5. The van der Waals surface area contributed by atoms with E-state index in [1.54, 1.807) is 42.6 Å². The molecular weight excluding hydrogens is 473 g/mol. The average Bonchev–Trinajstić information content (AvgIpc) is 2.99. The number of carbonyl (C=O) groups is 1. The second-order valence-electron chi connectivity index (χ2n) is 6.29. The SMILES string of the molecule is C=CC=CN1C(=O)C(=Cc2ccc(OCc3ccc(Cl)cc3Cl)c(OCC)c2)SC1=S. The minimum atomic E-state index is -0.177. The van der Waals surface area contributed by atoms with Crippen LogP contribution in [-0.2, 0) is 11.4 Å². The molecule has 0 aromatic heterocycles. The molecule has 0 atom stereocenters. The molecule has 0 bridgehead atoms. The third-order valence-electron chi connectivity index (χ3n) is 4.16. The Hall–Kier alpha value is -2.25. The molecule has 31 heavy (non-hydrogen) atoms. The van der Waals surface area contributed by atoms with E-state index in [2.05, 4.69) is 6.58 Å². The second-order valence-corrected chi connectivity index (χ2v) is 8.81. The van der Waals surface area contributed by atoms with Crippen LogP contribution in [0.5, 0.6) is 11.5 Å². The maximum absolute atomic E-state index is 12.6. The Bertz CT molecular complexity index is 1080. The van der Waals surface area contributed by atoms with E-state index in [1.807, 2.05) is 25.1 Å². The lowest BCUT2D eigenvalue weighted by molar-refractivity contribution is -0.120. The second kappa shape index (κ2) is 10.9. The Labute approximate surface area is 201 Å². The number of benzene rings is 2. The summed E-state index contributed by atoms with van der Waals surface area (Å²) >= 11 is 18.7. The number of hydrogen-bond donors (Lipinski definition) is 0. The molecule has 1 amide bonds. The largest absolute Gasteiger partial charge is 0.490 e. The first kappa shape index (κ1) is 23.4. The van der Waals surface area contributed by atoms with Crippen molar-refractivity contribution in [3.63, 3.8) is 0 Å². The van der Waals surface area contributed by atoms with Crippen LogP contribution in [0.4, 0.5) is 0 Å². The van der Waals surface area contributed by atoms with Crippen LogP contribution < -0.4 is 9.47 Å². The number of nitrogens with zero attached hydrogens (tertiary/aromatic N) is 1. The number of thiocarbonyl (C=S) groups is 1. The van der Waals surface area contributed by atoms with Gasteiger partial charge in [0.05, 0.1) is 11.5 Å². The van der Waals surface area contributed by atoms with Crippen molar-refractivity contribution in [1.29, 1.82) is 0 Å². The van der Waals surface area contributed by atoms with Crippen LogP contribution in [0, 0.1) is 0 Å². The molecule has 0 saturated carbocycles. The van der Waals surface area contributed by atoms with Crippen LogP contribution in [0.25, 0.3) is 6.08 Å². The highest BCUT2D eigenvalue weighted by atomic mass is 35.5. The number of allylic oxidation sites excluding steroid dienone is 2. The minimum Gasteiger partial charge on any atom is -0.490 e. The van der Waals surface area contributed by atoms with Crippen molar-refractivity contribution in [3.8, 4) is 11.5 Å². The summed E-state index contributed by atoms with van der Waals surface area (Å²) < 4.78 is 12.1. The average molecular weight is 492 g/mol. The molecule has 8 heteroatoms. The summed E-state index contributed by atoms with van der Waals surface area (Å²) in [7, 11) is 0. The predicted octanol–water partition coefficient (Wildman–Crippen LogP) is 6.87. The van der Waals surface area contributed by atoms with Crippen molar-refractivity contribution in [1.82, 2.24) is 4.90 Å². The fraction of sp³-hybridized carbons (Fsp3) is 0.130. The topological polar surface area (TPSA) is 38.8 Å². The molecule has 2 aromatic rings. The van der Waals surface area contributed by atoms with Crippen molar-refractivity contribution in [2.75, 3.05) is 6.61 Å². The molecule has 160 valence electrons. The quantitative estimate of drug-likeness (QED) is 0.228. The summed E-state index contributed by atoms with van der Waals surface area (Å²) in [6.45, 7) is 6.24. The first-order valence-corrected chi connectivity index (χ1v) is 11.3. The Morgan fingerprint density at radius 1 is 1.16 bits per heavy atom. The number of halogens is 2. The molecule has 0 radical (unpaired) electrons. The van der Waals surface area contributed by atoms with Gasteiger partial charge in [-0.25, -0.2) is 0 Å². The zero-order valence-electron chi connectivity index (χ0n) is 16.6. The highest BCUT2D eigenvalue weighted by molar-refractivity contribution is 8.26. The van der Waals surface area contributed by atoms with Gasteiger partial charge in [0.1, 0.15) is 6.61 Å². The smallest absolute Gasteiger partial charge is 0.270 e. The van der Waals surface area contributed by atoms with Crippen molar-refractivity contribution in [2.45, 2.75) is 13.5 Å². The first-order valence-electron chi connectivity index (χ1n) is 9.32. The van der Waals surface area contributed by atoms with Crippen LogP contribution in [-0.4, -0.2) is 21.7 Å². The molecule has 0 N–H and O–H groups in total. The molecule has 1 aliphatic heterocycles. The van der Waals surface area contributed by atoms with E-state index in [1.165, 1.54) is 16.7 Å². The highest BCUT2D eigenvalue weighted by Gasteiger charge is 2.30. The van der Waals surface area contributed by atoms with Gasteiger partial charge in [0.25, 0.3) is 5.91 Å². The number of rotatable bonds is 8. The molecule has 0 spiro atoms. The Morgan fingerprint density at radius 2 is 1.97 bits per heavy atom. The van der Waals surface area contributed by atoms with Gasteiger partial charge in [-0.05, 0) is 48.9 Å². The van der Waals surface area contributed by atoms with Gasteiger partial charge >= 0.3 is 0 Å². The van der Waals surface area contributed by atoms with Crippen LogP contribution in [0.3, 0.4) is 0 Å². The van der Waals surface area contributed by atoms with Gasteiger partial charge in [-0.15, -0.1) is 0 Å². The van der Waals surface area contributed by atoms with Gasteiger partial charge in [0.2, 0.25) is 0 Å². The fourth-order valence-corrected chi connectivity index (χ4v) is 4.39. The van der Waals surface area contributed by atoms with E-state index in [9.17, 15) is 4.79 Å². The number of thioether (sulfide) groups is 1. The van der Waals surface area contributed by atoms with Crippen molar-refractivity contribution in [2.24, 2.45) is 0 Å². The van der Waals surface area contributed by atoms with Gasteiger partial charge in [0, 0.05) is 21.8 Å². The van der Waals surface area contributed by atoms with E-state index in [0.29, 0.717) is 37.4 Å². The summed E-state index contributed by atoms with van der Waals surface area (Å²) in [4.78, 5) is 14.6. The van der Waals surface area contributed by atoms with Crippen molar-refractivity contribution in [3.05, 3.63) is 87.4 Å². The van der Waals surface area contributed by atoms with Gasteiger partial charge in [-0.1, -0.05) is 72.0 Å². The van der Waals surface area contributed by atoms with Crippen LogP contribution in [0.1, 0.15) is 18.1 Å². The van der Waals surface area contributed by atoms with Gasteiger partial charge in [0.15, 0.2) is 15.8 Å². The summed E-state index contributed by atoms with van der Waals surface area (Å²) in [6, 6.07) is 10.7. The fourth-order valence-electron chi connectivity index (χ4n) is 2.70. The third-order valence-corrected chi connectivity index (χ3v) is 6.08. The van der Waals surface area contributed by atoms with E-state index in [0.717, 1.165) is 11.1 Å². The predicted molar refractivity (Wildman–Crippen MR) is 133 cm³/mol. The number of ether oxygens (including phenoxy) is 2. The number of carbonyl (C=O) groups excluding carboxylic acids is 1. The maximum Gasteiger partial charge on any atom is 0.270 e. The van der Waals surface area contributed by atoms with E-state index in [-0.39, 0.29) is 12.5 Å². The van der Waals surface area contributed by atoms with Crippen molar-refractivity contribution < 1.29 is 14.3 Å². The molecule has 1 fully saturated rings. The van der Waals surface area contributed by atoms with Crippen LogP contribution in [0.15, 0.2) is 66.2 Å². The summed E-state index contributed by atoms with van der Waals surface area (Å²) in [5.41, 5.74) is 1.61. The lowest BCUT2D eigenvalue weighted by Gasteiger charge is -2.13. The summed E-state index contributed by atoms with van der Waals surface area (Å²) in [5, 5.41) is 1.10. The van der Waals surface area contributed by atoms with E-state index >= 15 is 0 Å². The van der Waals surface area contributed by atoms with Gasteiger partial charge in [-0.2, -0.15) is 0 Å². The summed E-state index contributed by atoms with van der Waals surface area (Å²) in [5.74, 6) is 0.971. The standard InChI is InChI=1S/C23H19Cl2NO3S2/c1-3-5-10-26-22(27)21(31-23(26)30)12-15-6-9-19(20(11-15)28-4-2)29-14-16-7-8-17(24)13-18(16)25/h3,5-13H,1,4,14H2,2H3. The van der Waals surface area contributed by atoms with E-state index in [4.69, 9.17) is 44.9 Å². The molecule has 1 aliphatic rings. The Balaban J connectivity index is 1.81. The molecule has 1 saturated heterocycles.